The van der Waals surface area contributed by atoms with Crippen LogP contribution in [0, 0.1) is 29.6 Å². The van der Waals surface area contributed by atoms with Gasteiger partial charge in [-0.25, -0.2) is 0 Å². The fourth-order valence-electron chi connectivity index (χ4n) is 12.0. The maximum Gasteiger partial charge on any atom is 0.308 e. The normalized spacial score (nSPS) is 24.7. The quantitative estimate of drug-likeness (QED) is 0.0331. The average molecular weight is 1280 g/mol. The van der Waals surface area contributed by atoms with Crippen LogP contribution in [-0.4, -0.2) is 119 Å². The summed E-state index contributed by atoms with van der Waals surface area (Å²) in [5, 5.41) is 6.32. The van der Waals surface area contributed by atoms with Gasteiger partial charge in [0.15, 0.2) is 33.3 Å². The number of esters is 2. The highest BCUT2D eigenvalue weighted by molar-refractivity contribution is 6.74. The molecule has 3 heterocycles. The first kappa shape index (κ1) is 73.0. The zero-order valence-electron chi connectivity index (χ0n) is 56.5. The Balaban J connectivity index is 1.26. The fraction of sp³-hybridized carbons (Fsp3) is 0.616. The Bertz CT molecular complexity index is 2810. The summed E-state index contributed by atoms with van der Waals surface area (Å²) < 4.78 is 74.4. The topological polar surface area (TPSA) is 194 Å². The molecule has 0 spiro atoms. The van der Waals surface area contributed by atoms with Crippen molar-refractivity contribution in [2.75, 3.05) is 13.2 Å². The van der Waals surface area contributed by atoms with Gasteiger partial charge in [-0.3, -0.25) is 19.2 Å². The molecule has 0 aromatic heterocycles. The molecular formula is C73H106N2O15Si. The smallest absolute Gasteiger partial charge is 0.308 e. The Kier molecular flexibility index (Phi) is 28.3. The zero-order chi connectivity index (χ0) is 65.8. The Hall–Kier alpha value is -5.38. The number of ether oxygens (including phenoxy) is 10. The molecule has 2 N–H and O–H groups in total. The van der Waals surface area contributed by atoms with Gasteiger partial charge >= 0.3 is 11.9 Å². The Morgan fingerprint density at radius 2 is 1.08 bits per heavy atom. The molecule has 502 valence electrons. The molecular weight excluding hydrogens is 1170 g/mol. The molecule has 18 heteroatoms. The monoisotopic (exact) mass is 1280 g/mol. The van der Waals surface area contributed by atoms with Crippen molar-refractivity contribution in [1.29, 1.82) is 0 Å². The maximum absolute atomic E-state index is 14.8. The molecule has 0 saturated carbocycles. The average Bonchev–Trinajstić information content (AvgIpc) is 0.784. The summed E-state index contributed by atoms with van der Waals surface area (Å²) in [5.74, 6) is -1.38. The number of rotatable bonds is 34. The van der Waals surface area contributed by atoms with Crippen molar-refractivity contribution >= 4 is 32.1 Å². The van der Waals surface area contributed by atoms with Gasteiger partial charge in [0.05, 0.1) is 76.7 Å². The molecule has 0 radical (unpaired) electrons. The number of amides is 2. The lowest BCUT2D eigenvalue weighted by Gasteiger charge is -2.51. The van der Waals surface area contributed by atoms with E-state index < -0.39 is 106 Å². The zero-order valence-corrected chi connectivity index (χ0v) is 57.5. The Morgan fingerprint density at radius 3 is 1.60 bits per heavy atom. The first-order chi connectivity index (χ1) is 43.4. The number of carbonyl (C=O) groups is 4. The van der Waals surface area contributed by atoms with Crippen LogP contribution < -0.4 is 10.6 Å². The number of hydrogen-bond donors (Lipinski definition) is 2. The third kappa shape index (κ3) is 22.1. The van der Waals surface area contributed by atoms with Gasteiger partial charge in [0.2, 0.25) is 11.8 Å². The molecule has 0 aliphatic carbocycles. The third-order valence-electron chi connectivity index (χ3n) is 18.2. The second kappa shape index (κ2) is 35.2. The minimum absolute atomic E-state index is 0.0101. The van der Waals surface area contributed by atoms with Crippen LogP contribution in [0.2, 0.25) is 18.1 Å². The van der Waals surface area contributed by atoms with Gasteiger partial charge in [0.1, 0.15) is 30.5 Å². The molecule has 7 rings (SSSR count). The minimum atomic E-state index is -2.74. The number of nitrogens with one attached hydrogen (secondary N) is 2. The summed E-state index contributed by atoms with van der Waals surface area (Å²) >= 11 is 0. The first-order valence-electron chi connectivity index (χ1n) is 33.3. The molecule has 3 aliphatic rings. The van der Waals surface area contributed by atoms with Gasteiger partial charge in [-0.15, -0.1) is 0 Å². The van der Waals surface area contributed by atoms with E-state index in [0.29, 0.717) is 25.9 Å². The highest BCUT2D eigenvalue weighted by atomic mass is 28.4. The molecule has 14 atom stereocenters. The molecule has 2 amide bonds. The van der Waals surface area contributed by atoms with Crippen LogP contribution in [0.5, 0.6) is 0 Å². The third-order valence-corrected chi connectivity index (χ3v) is 22.7. The highest BCUT2D eigenvalue weighted by Crippen LogP contribution is 2.47. The van der Waals surface area contributed by atoms with E-state index in [0.717, 1.165) is 22.3 Å². The van der Waals surface area contributed by atoms with E-state index in [1.54, 1.807) is 6.92 Å². The van der Waals surface area contributed by atoms with Crippen molar-refractivity contribution in [2.24, 2.45) is 29.6 Å². The molecule has 17 nitrogen and oxygen atoms in total. The van der Waals surface area contributed by atoms with Crippen molar-refractivity contribution in [2.45, 2.75) is 246 Å². The van der Waals surface area contributed by atoms with E-state index in [4.69, 9.17) is 51.8 Å². The SMILES string of the molecule is CCC(=O)O[C@@H](CC(=O)NC1[C@H](OCC2O[C@@H](O[Si](C)(C)C(C)(C)C(C)C)C(NC(=O)C[C@@H](CC(C)C)OCc3ccccc3)[C@@H](C)[C@@H]2OCc2ccccc2)OC2COC(c3ccccc3)O[C@H]2[C@@H]1OC(=O)C[C@@H](CC(C)C)OCc1ccccc1)CC(C)C. The summed E-state index contributed by atoms with van der Waals surface area (Å²) in [6.45, 7) is 30.1. The van der Waals surface area contributed by atoms with Gasteiger partial charge in [0.25, 0.3) is 0 Å². The summed E-state index contributed by atoms with van der Waals surface area (Å²) in [6.07, 6.45) is -7.88. The molecule has 3 fully saturated rings. The van der Waals surface area contributed by atoms with Crippen molar-refractivity contribution in [3.63, 3.8) is 0 Å². The summed E-state index contributed by atoms with van der Waals surface area (Å²) in [5.41, 5.74) is 3.64. The van der Waals surface area contributed by atoms with Crippen LogP contribution in [0.1, 0.15) is 157 Å². The second-order valence-electron chi connectivity index (χ2n) is 27.7. The number of benzene rings is 4. The van der Waals surface area contributed by atoms with Crippen LogP contribution in [0.4, 0.5) is 0 Å². The minimum Gasteiger partial charge on any atom is -0.462 e. The number of hydrogen-bond acceptors (Lipinski definition) is 15. The van der Waals surface area contributed by atoms with Crippen molar-refractivity contribution in [3.8, 4) is 0 Å². The molecule has 4 aromatic rings. The summed E-state index contributed by atoms with van der Waals surface area (Å²) in [4.78, 5) is 57.3. The number of carbonyl (C=O) groups excluding carboxylic acids is 4. The van der Waals surface area contributed by atoms with Crippen LogP contribution >= 0.6 is 0 Å². The van der Waals surface area contributed by atoms with E-state index in [-0.39, 0.29) is 92.8 Å². The lowest BCUT2D eigenvalue weighted by atomic mass is 9.88. The molecule has 91 heavy (non-hydrogen) atoms. The van der Waals surface area contributed by atoms with E-state index in [1.807, 2.05) is 142 Å². The molecule has 5 unspecified atom stereocenters. The first-order valence-corrected chi connectivity index (χ1v) is 36.2. The van der Waals surface area contributed by atoms with Crippen molar-refractivity contribution in [1.82, 2.24) is 10.6 Å². The predicted molar refractivity (Wildman–Crippen MR) is 351 cm³/mol. The van der Waals surface area contributed by atoms with Crippen LogP contribution in [0.15, 0.2) is 121 Å². The lowest BCUT2D eigenvalue weighted by Crippen LogP contribution is -2.68. The van der Waals surface area contributed by atoms with Crippen molar-refractivity contribution < 1.29 is 71.0 Å². The van der Waals surface area contributed by atoms with Gasteiger partial charge in [-0.1, -0.05) is 204 Å². The Morgan fingerprint density at radius 1 is 0.582 bits per heavy atom. The molecule has 3 saturated heterocycles. The predicted octanol–water partition coefficient (Wildman–Crippen LogP) is 13.1. The summed E-state index contributed by atoms with van der Waals surface area (Å²) in [7, 11) is -2.74. The molecule has 3 aliphatic heterocycles. The van der Waals surface area contributed by atoms with Gasteiger partial charge < -0.3 is 62.4 Å². The Labute approximate surface area is 543 Å². The maximum atomic E-state index is 14.8. The van der Waals surface area contributed by atoms with Crippen LogP contribution in [-0.2, 0) is 90.8 Å². The largest absolute Gasteiger partial charge is 0.462 e. The highest BCUT2D eigenvalue weighted by Gasteiger charge is 2.55. The second-order valence-corrected chi connectivity index (χ2v) is 32.2. The van der Waals surface area contributed by atoms with Crippen LogP contribution in [0.25, 0.3) is 0 Å². The fourth-order valence-corrected chi connectivity index (χ4v) is 14.5. The van der Waals surface area contributed by atoms with Crippen molar-refractivity contribution in [3.05, 3.63) is 144 Å². The van der Waals surface area contributed by atoms with E-state index in [1.165, 1.54) is 0 Å². The van der Waals surface area contributed by atoms with E-state index >= 15 is 0 Å². The molecule has 0 bridgehead atoms. The van der Waals surface area contributed by atoms with Crippen LogP contribution in [0.3, 0.4) is 0 Å². The van der Waals surface area contributed by atoms with Gasteiger partial charge in [-0.05, 0) is 77.8 Å². The molecule has 4 aromatic carbocycles. The van der Waals surface area contributed by atoms with Gasteiger partial charge in [-0.2, -0.15) is 0 Å². The van der Waals surface area contributed by atoms with E-state index in [9.17, 15) is 19.2 Å². The summed E-state index contributed by atoms with van der Waals surface area (Å²) in [6, 6.07) is 37.1. The lowest BCUT2D eigenvalue weighted by molar-refractivity contribution is -0.350. The van der Waals surface area contributed by atoms with Gasteiger partial charge in [0, 0.05) is 17.9 Å². The van der Waals surface area contributed by atoms with E-state index in [2.05, 4.69) is 79.1 Å². The standard InChI is InChI=1S/C73H106N2O15Si/c1-15-63(78)85-58(38-49(6)7)40-62(77)75-66-69(88-64(79)41-57(37-48(4)5)81-43-53-30-22-17-23-31-53)68-60(46-83-70(89-68)55-34-26-19-27-35-55)86-71(66)84-45-59-67(82-44-54-32-24-18-25-33-54)51(10)65(72(87-59)90-91(13,14)73(11,12)50(8)9)74-61(76)39-56(36-47(2)3)80-42-52-28-20-16-21-29-52/h16-35,47-51,56-60,65-72H,15,36-46H2,1-14H3,(H,74,76)(H,75,77)/t51-,56-,57-,58-,59?,60?,65?,66?,67+,68-,69-,70?,71-,72+/m1/s1. The number of fused-ring (bicyclic) bond motifs is 1.